The van der Waals surface area contributed by atoms with Crippen molar-refractivity contribution in [3.05, 3.63) is 47.0 Å². The predicted molar refractivity (Wildman–Crippen MR) is 64.7 cm³/mol. The van der Waals surface area contributed by atoms with Crippen molar-refractivity contribution in [3.8, 4) is 5.75 Å². The standard InChI is InChI=1S/C12H11ClN2O2/c1-17-12-4-2-3-11(13)10(12)6-15-8-14-5-9(15)7-16/h2-5,7-8H,6H2,1H3. The molecule has 0 radical (unpaired) electrons. The van der Waals surface area contributed by atoms with Gasteiger partial charge in [0.1, 0.15) is 11.4 Å². The van der Waals surface area contributed by atoms with Crippen molar-refractivity contribution < 1.29 is 9.53 Å². The number of nitrogens with zero attached hydrogens (tertiary/aromatic N) is 2. The van der Waals surface area contributed by atoms with E-state index in [2.05, 4.69) is 4.98 Å². The summed E-state index contributed by atoms with van der Waals surface area (Å²) < 4.78 is 6.96. The number of benzene rings is 1. The quantitative estimate of drug-likeness (QED) is 0.783. The SMILES string of the molecule is COc1cccc(Cl)c1Cn1cncc1C=O. The zero-order chi connectivity index (χ0) is 12.3. The average molecular weight is 251 g/mol. The van der Waals surface area contributed by atoms with Crippen LogP contribution in [0.4, 0.5) is 0 Å². The largest absolute Gasteiger partial charge is 0.496 e. The number of hydrogen-bond donors (Lipinski definition) is 0. The van der Waals surface area contributed by atoms with Gasteiger partial charge in [0.15, 0.2) is 6.29 Å². The minimum absolute atomic E-state index is 0.455. The Kier molecular flexibility index (Phi) is 3.44. The summed E-state index contributed by atoms with van der Waals surface area (Å²) in [6, 6.07) is 5.44. The van der Waals surface area contributed by atoms with Crippen LogP contribution in [0, 0.1) is 0 Å². The van der Waals surface area contributed by atoms with E-state index in [-0.39, 0.29) is 0 Å². The fourth-order valence-electron chi connectivity index (χ4n) is 1.62. The van der Waals surface area contributed by atoms with Crippen molar-refractivity contribution in [2.45, 2.75) is 6.54 Å². The molecule has 0 spiro atoms. The van der Waals surface area contributed by atoms with Crippen LogP contribution in [0.15, 0.2) is 30.7 Å². The van der Waals surface area contributed by atoms with Crippen LogP contribution >= 0.6 is 11.6 Å². The van der Waals surface area contributed by atoms with Gasteiger partial charge >= 0.3 is 0 Å². The number of hydrogen-bond acceptors (Lipinski definition) is 3. The van der Waals surface area contributed by atoms with E-state index in [9.17, 15) is 4.79 Å². The number of methoxy groups -OCH3 is 1. The Hall–Kier alpha value is -1.81. The maximum atomic E-state index is 10.8. The molecule has 0 unspecified atom stereocenters. The maximum Gasteiger partial charge on any atom is 0.168 e. The third kappa shape index (κ3) is 2.31. The second-order valence-corrected chi connectivity index (χ2v) is 3.89. The lowest BCUT2D eigenvalue weighted by Gasteiger charge is -2.11. The van der Waals surface area contributed by atoms with E-state index in [0.717, 1.165) is 11.8 Å². The highest BCUT2D eigenvalue weighted by molar-refractivity contribution is 6.31. The lowest BCUT2D eigenvalue weighted by Crippen LogP contribution is -2.04. The molecule has 0 bridgehead atoms. The molecule has 0 aliphatic carbocycles. The molecule has 0 aliphatic rings. The molecule has 1 aromatic carbocycles. The second-order valence-electron chi connectivity index (χ2n) is 3.48. The molecule has 2 aromatic rings. The van der Waals surface area contributed by atoms with E-state index in [4.69, 9.17) is 16.3 Å². The molecule has 0 atom stereocenters. The molecule has 0 fully saturated rings. The monoisotopic (exact) mass is 250 g/mol. The first-order chi connectivity index (χ1) is 8.26. The molecule has 0 N–H and O–H groups in total. The number of carbonyl (C=O) groups excluding carboxylic acids is 1. The summed E-state index contributed by atoms with van der Waals surface area (Å²) in [6.45, 7) is 0.455. The molecule has 0 amide bonds. The number of carbonyl (C=O) groups is 1. The van der Waals surface area contributed by atoms with Gasteiger partial charge in [-0.05, 0) is 12.1 Å². The van der Waals surface area contributed by atoms with Crippen molar-refractivity contribution in [1.29, 1.82) is 0 Å². The summed E-state index contributed by atoms with van der Waals surface area (Å²) >= 11 is 6.12. The predicted octanol–water partition coefficient (Wildman–Crippen LogP) is 2.41. The van der Waals surface area contributed by atoms with Crippen molar-refractivity contribution in [1.82, 2.24) is 9.55 Å². The van der Waals surface area contributed by atoms with Crippen LogP contribution in [0.5, 0.6) is 5.75 Å². The van der Waals surface area contributed by atoms with Gasteiger partial charge in [-0.1, -0.05) is 17.7 Å². The fourth-order valence-corrected chi connectivity index (χ4v) is 1.84. The van der Waals surface area contributed by atoms with Gasteiger partial charge in [0, 0.05) is 10.6 Å². The summed E-state index contributed by atoms with van der Waals surface area (Å²) in [4.78, 5) is 14.7. The summed E-state index contributed by atoms with van der Waals surface area (Å²) in [6.07, 6.45) is 3.86. The van der Waals surface area contributed by atoms with Crippen LogP contribution in [0.1, 0.15) is 16.1 Å². The molecule has 2 rings (SSSR count). The number of halogens is 1. The molecule has 0 aliphatic heterocycles. The van der Waals surface area contributed by atoms with E-state index in [1.54, 1.807) is 24.1 Å². The lowest BCUT2D eigenvalue weighted by atomic mass is 10.2. The highest BCUT2D eigenvalue weighted by atomic mass is 35.5. The van der Waals surface area contributed by atoms with E-state index in [1.165, 1.54) is 6.20 Å². The average Bonchev–Trinajstić information content (AvgIpc) is 2.79. The summed E-state index contributed by atoms with van der Waals surface area (Å²) in [5, 5.41) is 0.606. The van der Waals surface area contributed by atoms with Crippen LogP contribution in [0.3, 0.4) is 0 Å². The fraction of sp³-hybridized carbons (Fsp3) is 0.167. The van der Waals surface area contributed by atoms with Crippen molar-refractivity contribution in [2.24, 2.45) is 0 Å². The molecular weight excluding hydrogens is 240 g/mol. The Morgan fingerprint density at radius 2 is 2.35 bits per heavy atom. The smallest absolute Gasteiger partial charge is 0.168 e. The van der Waals surface area contributed by atoms with E-state index in [0.29, 0.717) is 23.0 Å². The third-order valence-electron chi connectivity index (χ3n) is 2.49. The van der Waals surface area contributed by atoms with Crippen LogP contribution in [-0.4, -0.2) is 22.9 Å². The Morgan fingerprint density at radius 3 is 3.06 bits per heavy atom. The van der Waals surface area contributed by atoms with Gasteiger partial charge in [0.25, 0.3) is 0 Å². The number of aromatic nitrogens is 2. The van der Waals surface area contributed by atoms with Crippen molar-refractivity contribution in [3.63, 3.8) is 0 Å². The molecule has 4 nitrogen and oxygen atoms in total. The molecule has 1 heterocycles. The first kappa shape index (κ1) is 11.7. The van der Waals surface area contributed by atoms with Gasteiger partial charge in [-0.2, -0.15) is 0 Å². The van der Waals surface area contributed by atoms with Crippen LogP contribution in [0.25, 0.3) is 0 Å². The third-order valence-corrected chi connectivity index (χ3v) is 2.84. The van der Waals surface area contributed by atoms with E-state index >= 15 is 0 Å². The van der Waals surface area contributed by atoms with Gasteiger partial charge in [-0.25, -0.2) is 4.98 Å². The minimum atomic E-state index is 0.455. The maximum absolute atomic E-state index is 10.8. The molecule has 0 saturated heterocycles. The highest BCUT2D eigenvalue weighted by Crippen LogP contribution is 2.27. The Morgan fingerprint density at radius 1 is 1.53 bits per heavy atom. The first-order valence-corrected chi connectivity index (χ1v) is 5.40. The number of ether oxygens (including phenoxy) is 1. The molecular formula is C12H11ClN2O2. The summed E-state index contributed by atoms with van der Waals surface area (Å²) in [5.74, 6) is 0.697. The zero-order valence-electron chi connectivity index (χ0n) is 9.26. The molecule has 5 heteroatoms. The van der Waals surface area contributed by atoms with Gasteiger partial charge in [-0.3, -0.25) is 4.79 Å². The van der Waals surface area contributed by atoms with Crippen molar-refractivity contribution >= 4 is 17.9 Å². The van der Waals surface area contributed by atoms with Gasteiger partial charge in [0.2, 0.25) is 0 Å². The Bertz CT molecular complexity index is 537. The topological polar surface area (TPSA) is 44.1 Å². The number of imidazole rings is 1. The number of rotatable bonds is 4. The van der Waals surface area contributed by atoms with Crippen LogP contribution in [0.2, 0.25) is 5.02 Å². The number of aldehydes is 1. The molecule has 88 valence electrons. The van der Waals surface area contributed by atoms with Gasteiger partial charge in [-0.15, -0.1) is 0 Å². The van der Waals surface area contributed by atoms with Crippen molar-refractivity contribution in [2.75, 3.05) is 7.11 Å². The van der Waals surface area contributed by atoms with E-state index < -0.39 is 0 Å². The van der Waals surface area contributed by atoms with Gasteiger partial charge in [0.05, 0.1) is 26.2 Å². The second kappa shape index (κ2) is 5.01. The van der Waals surface area contributed by atoms with E-state index in [1.807, 2.05) is 12.1 Å². The lowest BCUT2D eigenvalue weighted by molar-refractivity contribution is 0.111. The molecule has 0 saturated carbocycles. The Balaban J connectivity index is 2.39. The minimum Gasteiger partial charge on any atom is -0.496 e. The normalized spacial score (nSPS) is 10.2. The summed E-state index contributed by atoms with van der Waals surface area (Å²) in [5.41, 5.74) is 1.34. The Labute approximate surface area is 104 Å². The first-order valence-electron chi connectivity index (χ1n) is 5.03. The van der Waals surface area contributed by atoms with Gasteiger partial charge < -0.3 is 9.30 Å². The van der Waals surface area contributed by atoms with Crippen LogP contribution < -0.4 is 4.74 Å². The molecule has 17 heavy (non-hydrogen) atoms. The molecule has 1 aromatic heterocycles. The van der Waals surface area contributed by atoms with Crippen LogP contribution in [-0.2, 0) is 6.54 Å². The zero-order valence-corrected chi connectivity index (χ0v) is 10.0. The summed E-state index contributed by atoms with van der Waals surface area (Å²) in [7, 11) is 1.59. The highest BCUT2D eigenvalue weighted by Gasteiger charge is 2.10.